The molecule has 1 aliphatic rings. The van der Waals surface area contributed by atoms with E-state index in [0.29, 0.717) is 7.69 Å². The Balaban J connectivity index is 1.91. The van der Waals surface area contributed by atoms with Gasteiger partial charge in [0.05, 0.1) is 12.7 Å². The summed E-state index contributed by atoms with van der Waals surface area (Å²) in [4.78, 5) is 0. The maximum absolute atomic E-state index is 8.47. The van der Waals surface area contributed by atoms with Gasteiger partial charge in [-0.15, -0.1) is 0 Å². The second-order valence-corrected chi connectivity index (χ2v) is 2.50. The minimum Gasteiger partial charge on any atom is -0.411 e. The van der Waals surface area contributed by atoms with Gasteiger partial charge in [-0.05, 0) is 19.3 Å². The standard InChI is InChI=1S/C6H13BO3/c8-4-2-1-3-6-5-9-7-10-6/h6-8H,1-5H2. The van der Waals surface area contributed by atoms with Crippen LogP contribution in [0.2, 0.25) is 0 Å². The highest BCUT2D eigenvalue weighted by molar-refractivity contribution is 6.18. The molecule has 0 aromatic carbocycles. The number of aliphatic hydroxyl groups is 1. The van der Waals surface area contributed by atoms with Crippen molar-refractivity contribution in [3.8, 4) is 0 Å². The first-order valence-electron chi connectivity index (χ1n) is 3.73. The topological polar surface area (TPSA) is 38.7 Å². The lowest BCUT2D eigenvalue weighted by Crippen LogP contribution is -2.09. The summed E-state index contributed by atoms with van der Waals surface area (Å²) in [6, 6.07) is 0. The molecule has 1 atom stereocenters. The van der Waals surface area contributed by atoms with Crippen molar-refractivity contribution in [2.45, 2.75) is 25.4 Å². The molecule has 0 aromatic rings. The molecular weight excluding hydrogens is 131 g/mol. The van der Waals surface area contributed by atoms with Crippen molar-refractivity contribution in [2.75, 3.05) is 13.2 Å². The van der Waals surface area contributed by atoms with Crippen molar-refractivity contribution in [1.29, 1.82) is 0 Å². The highest BCUT2D eigenvalue weighted by atomic mass is 16.6. The Morgan fingerprint density at radius 1 is 1.50 bits per heavy atom. The summed E-state index contributed by atoms with van der Waals surface area (Å²) in [5, 5.41) is 8.47. The minimum absolute atomic E-state index is 0.284. The molecule has 1 fully saturated rings. The normalized spacial score (nSPS) is 24.7. The van der Waals surface area contributed by atoms with Crippen molar-refractivity contribution in [3.63, 3.8) is 0 Å². The fraction of sp³-hybridized carbons (Fsp3) is 1.00. The van der Waals surface area contributed by atoms with Crippen LogP contribution in [0.1, 0.15) is 19.3 Å². The smallest absolute Gasteiger partial charge is 0.411 e. The van der Waals surface area contributed by atoms with Gasteiger partial charge in [0.1, 0.15) is 0 Å². The number of hydrogen-bond donors (Lipinski definition) is 1. The molecule has 1 heterocycles. The zero-order chi connectivity index (χ0) is 7.23. The van der Waals surface area contributed by atoms with Gasteiger partial charge in [-0.25, -0.2) is 0 Å². The first kappa shape index (κ1) is 8.05. The zero-order valence-corrected chi connectivity index (χ0v) is 6.08. The van der Waals surface area contributed by atoms with Gasteiger partial charge in [0.25, 0.3) is 0 Å². The molecule has 1 N–H and O–H groups in total. The van der Waals surface area contributed by atoms with Crippen LogP contribution in [-0.4, -0.2) is 32.1 Å². The first-order chi connectivity index (χ1) is 4.93. The van der Waals surface area contributed by atoms with E-state index in [4.69, 9.17) is 14.4 Å². The lowest BCUT2D eigenvalue weighted by molar-refractivity contribution is 0.210. The Labute approximate surface area is 61.6 Å². The molecule has 3 nitrogen and oxygen atoms in total. The second-order valence-electron chi connectivity index (χ2n) is 2.50. The van der Waals surface area contributed by atoms with E-state index in [9.17, 15) is 0 Å². The van der Waals surface area contributed by atoms with Crippen molar-refractivity contribution >= 4 is 7.69 Å². The monoisotopic (exact) mass is 144 g/mol. The van der Waals surface area contributed by atoms with Crippen molar-refractivity contribution < 1.29 is 14.4 Å². The molecule has 0 radical (unpaired) electrons. The molecule has 58 valence electrons. The minimum atomic E-state index is 0.284. The third-order valence-corrected chi connectivity index (χ3v) is 1.63. The van der Waals surface area contributed by atoms with E-state index in [0.717, 1.165) is 25.9 Å². The largest absolute Gasteiger partial charge is 0.438 e. The van der Waals surface area contributed by atoms with Gasteiger partial charge in [-0.1, -0.05) is 0 Å². The predicted octanol–water partition coefficient (Wildman–Crippen LogP) is -0.169. The van der Waals surface area contributed by atoms with Crippen LogP contribution in [0.15, 0.2) is 0 Å². The summed E-state index contributed by atoms with van der Waals surface area (Å²) in [5.74, 6) is 0. The molecule has 0 aromatic heterocycles. The van der Waals surface area contributed by atoms with E-state index in [2.05, 4.69) is 0 Å². The highest BCUT2D eigenvalue weighted by Gasteiger charge is 2.15. The molecule has 1 unspecified atom stereocenters. The molecule has 0 bridgehead atoms. The molecule has 0 saturated carbocycles. The fourth-order valence-electron chi connectivity index (χ4n) is 1.02. The Bertz CT molecular complexity index is 83.1. The molecular formula is C6H13BO3. The maximum atomic E-state index is 8.47. The lowest BCUT2D eigenvalue weighted by Gasteiger charge is -2.05. The van der Waals surface area contributed by atoms with Gasteiger partial charge in [0.2, 0.25) is 0 Å². The third kappa shape index (κ3) is 2.69. The van der Waals surface area contributed by atoms with Crippen LogP contribution in [0.4, 0.5) is 0 Å². The molecule has 0 spiro atoms. The van der Waals surface area contributed by atoms with E-state index >= 15 is 0 Å². The average molecular weight is 144 g/mol. The fourth-order valence-corrected chi connectivity index (χ4v) is 1.02. The van der Waals surface area contributed by atoms with E-state index in [-0.39, 0.29) is 12.7 Å². The van der Waals surface area contributed by atoms with E-state index < -0.39 is 0 Å². The van der Waals surface area contributed by atoms with Gasteiger partial charge in [-0.2, -0.15) is 0 Å². The number of hydrogen-bond acceptors (Lipinski definition) is 3. The van der Waals surface area contributed by atoms with E-state index in [1.54, 1.807) is 0 Å². The summed E-state index contributed by atoms with van der Waals surface area (Å²) in [6.07, 6.45) is 3.21. The number of aliphatic hydroxyl groups excluding tert-OH is 1. The summed E-state index contributed by atoms with van der Waals surface area (Å²) >= 11 is 0. The van der Waals surface area contributed by atoms with Crippen LogP contribution in [0.5, 0.6) is 0 Å². The summed E-state index contributed by atoms with van der Waals surface area (Å²) in [7, 11) is 0.448. The van der Waals surface area contributed by atoms with Crippen LogP contribution in [0.3, 0.4) is 0 Å². The molecule has 10 heavy (non-hydrogen) atoms. The van der Waals surface area contributed by atoms with Crippen LogP contribution in [0.25, 0.3) is 0 Å². The van der Waals surface area contributed by atoms with E-state index in [1.807, 2.05) is 0 Å². The lowest BCUT2D eigenvalue weighted by atomic mass is 10.2. The first-order valence-corrected chi connectivity index (χ1v) is 3.73. The van der Waals surface area contributed by atoms with Crippen LogP contribution in [0, 0.1) is 0 Å². The van der Waals surface area contributed by atoms with Crippen molar-refractivity contribution in [2.24, 2.45) is 0 Å². The van der Waals surface area contributed by atoms with Gasteiger partial charge in [-0.3, -0.25) is 0 Å². The Kier molecular flexibility index (Phi) is 3.79. The van der Waals surface area contributed by atoms with Gasteiger partial charge < -0.3 is 14.4 Å². The van der Waals surface area contributed by atoms with Gasteiger partial charge in [0.15, 0.2) is 0 Å². The summed E-state index contributed by atoms with van der Waals surface area (Å²) in [6.45, 7) is 1.01. The number of rotatable bonds is 4. The van der Waals surface area contributed by atoms with Crippen LogP contribution in [-0.2, 0) is 9.31 Å². The molecule has 1 saturated heterocycles. The summed E-state index contributed by atoms with van der Waals surface area (Å²) < 4.78 is 10.2. The van der Waals surface area contributed by atoms with E-state index in [1.165, 1.54) is 0 Å². The van der Waals surface area contributed by atoms with Crippen LogP contribution >= 0.6 is 0 Å². The Morgan fingerprint density at radius 2 is 2.40 bits per heavy atom. The summed E-state index contributed by atoms with van der Waals surface area (Å²) in [5.41, 5.74) is 0. The quantitative estimate of drug-likeness (QED) is 0.439. The molecule has 0 amide bonds. The van der Waals surface area contributed by atoms with Gasteiger partial charge >= 0.3 is 7.69 Å². The zero-order valence-electron chi connectivity index (χ0n) is 6.08. The molecule has 1 aliphatic heterocycles. The molecule has 1 rings (SSSR count). The number of unbranched alkanes of at least 4 members (excludes halogenated alkanes) is 1. The van der Waals surface area contributed by atoms with Gasteiger partial charge in [0, 0.05) is 6.61 Å². The average Bonchev–Trinajstić information content (AvgIpc) is 2.41. The maximum Gasteiger partial charge on any atom is 0.438 e. The second kappa shape index (κ2) is 4.71. The molecule has 0 aliphatic carbocycles. The van der Waals surface area contributed by atoms with Crippen LogP contribution < -0.4 is 0 Å². The van der Waals surface area contributed by atoms with Crippen molar-refractivity contribution in [1.82, 2.24) is 0 Å². The SMILES string of the molecule is OCCCCC1COBO1. The predicted molar refractivity (Wildman–Crippen MR) is 38.9 cm³/mol. The Morgan fingerprint density at radius 3 is 3.00 bits per heavy atom. The molecule has 4 heteroatoms. The Hall–Kier alpha value is -0.0551. The third-order valence-electron chi connectivity index (χ3n) is 1.63. The highest BCUT2D eigenvalue weighted by Crippen LogP contribution is 2.08. The van der Waals surface area contributed by atoms with Crippen molar-refractivity contribution in [3.05, 3.63) is 0 Å².